The van der Waals surface area contributed by atoms with Crippen LogP contribution in [0.3, 0.4) is 0 Å². The van der Waals surface area contributed by atoms with Crippen LogP contribution in [0.2, 0.25) is 0 Å². The molecule has 3 aromatic rings. The molecule has 1 aromatic carbocycles. The zero-order chi connectivity index (χ0) is 22.7. The molecule has 2 aromatic heterocycles. The van der Waals surface area contributed by atoms with E-state index in [2.05, 4.69) is 58.6 Å². The van der Waals surface area contributed by atoms with Crippen molar-refractivity contribution >= 4 is 11.6 Å². The Kier molecular flexibility index (Phi) is 6.62. The fourth-order valence-electron chi connectivity index (χ4n) is 4.17. The average Bonchev–Trinajstić information content (AvgIpc) is 3.16. The van der Waals surface area contributed by atoms with Gasteiger partial charge in [0.05, 0.1) is 6.10 Å². The number of hydrogen-bond acceptors (Lipinski definition) is 6. The fourth-order valence-corrected chi connectivity index (χ4v) is 4.17. The molecule has 1 saturated carbocycles. The third-order valence-electron chi connectivity index (χ3n) is 6.11. The average molecular weight is 439 g/mol. The van der Waals surface area contributed by atoms with E-state index >= 15 is 0 Å². The standard InChI is InChI=1S/C24H34N6O2/c1-24(2,3)17-11-9-16(10-12-17)22-27-20-13-21(32)29-30(20)23(28-22)26-15-19(31)14-25-18-7-5-4-6-8-18/h9-13,18-19,25,31H,4-8,14-15H2,1-3H3,(H,29,32)(H,26,27,28). The molecule has 1 aliphatic rings. The minimum absolute atomic E-state index is 0.0613. The summed E-state index contributed by atoms with van der Waals surface area (Å²) in [5, 5.41) is 19.8. The van der Waals surface area contributed by atoms with Crippen LogP contribution in [-0.2, 0) is 5.41 Å². The van der Waals surface area contributed by atoms with E-state index in [0.29, 0.717) is 36.6 Å². The second-order valence-electron chi connectivity index (χ2n) is 9.79. The summed E-state index contributed by atoms with van der Waals surface area (Å²) in [6.45, 7) is 7.36. The van der Waals surface area contributed by atoms with Crippen molar-refractivity contribution in [1.29, 1.82) is 0 Å². The van der Waals surface area contributed by atoms with E-state index in [1.165, 1.54) is 48.2 Å². The maximum atomic E-state index is 11.9. The molecule has 2 heterocycles. The molecule has 0 radical (unpaired) electrons. The van der Waals surface area contributed by atoms with Gasteiger partial charge in [0, 0.05) is 30.8 Å². The first-order valence-electron chi connectivity index (χ1n) is 11.6. The molecule has 4 N–H and O–H groups in total. The topological polar surface area (TPSA) is 107 Å². The molecule has 8 nitrogen and oxygen atoms in total. The Balaban J connectivity index is 1.50. The van der Waals surface area contributed by atoms with Crippen molar-refractivity contribution in [2.75, 3.05) is 18.4 Å². The molecule has 32 heavy (non-hydrogen) atoms. The van der Waals surface area contributed by atoms with Crippen LogP contribution in [0.1, 0.15) is 58.4 Å². The van der Waals surface area contributed by atoms with E-state index in [4.69, 9.17) is 0 Å². The van der Waals surface area contributed by atoms with Crippen molar-refractivity contribution in [2.24, 2.45) is 0 Å². The van der Waals surface area contributed by atoms with Crippen molar-refractivity contribution < 1.29 is 5.11 Å². The van der Waals surface area contributed by atoms with Gasteiger partial charge in [0.25, 0.3) is 5.56 Å². The lowest BCUT2D eigenvalue weighted by molar-refractivity contribution is 0.174. The first-order valence-corrected chi connectivity index (χ1v) is 11.6. The fraction of sp³-hybridized carbons (Fsp3) is 0.542. The van der Waals surface area contributed by atoms with Gasteiger partial charge in [0.1, 0.15) is 0 Å². The molecular weight excluding hydrogens is 404 g/mol. The minimum Gasteiger partial charge on any atom is -0.390 e. The molecule has 8 heteroatoms. The SMILES string of the molecule is CC(C)(C)c1ccc(-c2nc(NCC(O)CNC3CCCCC3)n3[nH]c(=O)cc3n2)cc1. The van der Waals surface area contributed by atoms with Gasteiger partial charge in [-0.3, -0.25) is 9.89 Å². The normalized spacial score (nSPS) is 16.4. The smallest absolute Gasteiger partial charge is 0.266 e. The summed E-state index contributed by atoms with van der Waals surface area (Å²) in [6, 6.07) is 10.1. The second kappa shape index (κ2) is 9.42. The van der Waals surface area contributed by atoms with Crippen LogP contribution >= 0.6 is 0 Å². The maximum Gasteiger partial charge on any atom is 0.266 e. The molecule has 1 unspecified atom stereocenters. The molecule has 0 saturated heterocycles. The summed E-state index contributed by atoms with van der Waals surface area (Å²) in [6.07, 6.45) is 5.60. The summed E-state index contributed by atoms with van der Waals surface area (Å²) in [5.41, 5.74) is 2.40. The van der Waals surface area contributed by atoms with E-state index in [1.807, 2.05) is 12.1 Å². The summed E-state index contributed by atoms with van der Waals surface area (Å²) in [5.74, 6) is 0.977. The van der Waals surface area contributed by atoms with E-state index in [9.17, 15) is 9.90 Å². The lowest BCUT2D eigenvalue weighted by atomic mass is 9.87. The van der Waals surface area contributed by atoms with Crippen LogP contribution in [-0.4, -0.2) is 49.9 Å². The molecular formula is C24H34N6O2. The molecule has 0 aliphatic heterocycles. The maximum absolute atomic E-state index is 11.9. The number of nitrogens with zero attached hydrogens (tertiary/aromatic N) is 3. The predicted octanol–water partition coefficient (Wildman–Crippen LogP) is 3.08. The summed E-state index contributed by atoms with van der Waals surface area (Å²) in [4.78, 5) is 21.1. The molecule has 1 atom stereocenters. The number of aromatic nitrogens is 4. The van der Waals surface area contributed by atoms with Crippen LogP contribution in [0.5, 0.6) is 0 Å². The Labute approximate surface area is 188 Å². The zero-order valence-corrected chi connectivity index (χ0v) is 19.2. The Bertz CT molecular complexity index is 1090. The van der Waals surface area contributed by atoms with Gasteiger partial charge in [-0.15, -0.1) is 0 Å². The van der Waals surface area contributed by atoms with E-state index in [0.717, 1.165) is 5.56 Å². The predicted molar refractivity (Wildman–Crippen MR) is 127 cm³/mol. The number of nitrogens with one attached hydrogen (secondary N) is 3. The van der Waals surface area contributed by atoms with Crippen molar-refractivity contribution in [3.8, 4) is 11.4 Å². The molecule has 0 spiro atoms. The summed E-state index contributed by atoms with van der Waals surface area (Å²) < 4.78 is 1.52. The Hall–Kier alpha value is -2.71. The van der Waals surface area contributed by atoms with Gasteiger partial charge in [-0.05, 0) is 23.8 Å². The van der Waals surface area contributed by atoms with Crippen molar-refractivity contribution in [3.05, 3.63) is 46.2 Å². The number of aliphatic hydroxyl groups is 1. The molecule has 172 valence electrons. The van der Waals surface area contributed by atoms with Gasteiger partial charge < -0.3 is 15.7 Å². The second-order valence-corrected chi connectivity index (χ2v) is 9.79. The van der Waals surface area contributed by atoms with Gasteiger partial charge in [-0.2, -0.15) is 4.98 Å². The van der Waals surface area contributed by atoms with E-state index < -0.39 is 6.10 Å². The number of anilines is 1. The third kappa shape index (κ3) is 5.37. The van der Waals surface area contributed by atoms with E-state index in [-0.39, 0.29) is 11.0 Å². The molecule has 1 fully saturated rings. The number of rotatable bonds is 7. The van der Waals surface area contributed by atoms with Gasteiger partial charge in [0.15, 0.2) is 11.5 Å². The Morgan fingerprint density at radius 1 is 1.12 bits per heavy atom. The number of aromatic amines is 1. The lowest BCUT2D eigenvalue weighted by Crippen LogP contribution is -2.39. The highest BCUT2D eigenvalue weighted by Gasteiger charge is 2.17. The highest BCUT2D eigenvalue weighted by Crippen LogP contribution is 2.25. The van der Waals surface area contributed by atoms with Gasteiger partial charge >= 0.3 is 0 Å². The van der Waals surface area contributed by atoms with Gasteiger partial charge in [-0.25, -0.2) is 9.50 Å². The van der Waals surface area contributed by atoms with Crippen LogP contribution in [0.15, 0.2) is 35.1 Å². The zero-order valence-electron chi connectivity index (χ0n) is 19.2. The minimum atomic E-state index is -0.571. The highest BCUT2D eigenvalue weighted by atomic mass is 16.3. The van der Waals surface area contributed by atoms with Crippen LogP contribution in [0, 0.1) is 0 Å². The van der Waals surface area contributed by atoms with Crippen molar-refractivity contribution in [1.82, 2.24) is 24.9 Å². The van der Waals surface area contributed by atoms with Crippen molar-refractivity contribution in [2.45, 2.75) is 70.4 Å². The summed E-state index contributed by atoms with van der Waals surface area (Å²) in [7, 11) is 0. The Morgan fingerprint density at radius 2 is 1.84 bits per heavy atom. The number of fused-ring (bicyclic) bond motifs is 1. The molecule has 4 rings (SSSR count). The number of hydrogen-bond donors (Lipinski definition) is 4. The summed E-state index contributed by atoms with van der Waals surface area (Å²) >= 11 is 0. The quantitative estimate of drug-likeness (QED) is 0.452. The van der Waals surface area contributed by atoms with Crippen LogP contribution < -0.4 is 16.2 Å². The third-order valence-corrected chi connectivity index (χ3v) is 6.11. The van der Waals surface area contributed by atoms with E-state index in [1.54, 1.807) is 0 Å². The molecule has 1 aliphatic carbocycles. The number of benzene rings is 1. The van der Waals surface area contributed by atoms with Gasteiger partial charge in [-0.1, -0.05) is 64.3 Å². The molecule has 0 amide bonds. The Morgan fingerprint density at radius 3 is 2.53 bits per heavy atom. The van der Waals surface area contributed by atoms with Gasteiger partial charge in [0.2, 0.25) is 5.95 Å². The highest BCUT2D eigenvalue weighted by molar-refractivity contribution is 5.60. The number of H-pyrrole nitrogens is 1. The first kappa shape index (κ1) is 22.5. The molecule has 0 bridgehead atoms. The van der Waals surface area contributed by atoms with Crippen LogP contribution in [0.4, 0.5) is 5.95 Å². The largest absolute Gasteiger partial charge is 0.390 e. The monoisotopic (exact) mass is 438 g/mol. The van der Waals surface area contributed by atoms with Crippen LogP contribution in [0.25, 0.3) is 17.0 Å². The van der Waals surface area contributed by atoms with Crippen molar-refractivity contribution in [3.63, 3.8) is 0 Å². The lowest BCUT2D eigenvalue weighted by Gasteiger charge is -2.24. The number of aliphatic hydroxyl groups excluding tert-OH is 1. The first-order chi connectivity index (χ1) is 15.3.